The summed E-state index contributed by atoms with van der Waals surface area (Å²) in [6, 6.07) is 0. The van der Waals surface area contributed by atoms with Crippen molar-refractivity contribution in [3.8, 4) is 0 Å². The highest BCUT2D eigenvalue weighted by molar-refractivity contribution is 5.82. The SMILES string of the molecule is CC(C)(CNC(=O)COC1CCCCC1)C(N)=O. The van der Waals surface area contributed by atoms with Gasteiger partial charge in [-0.1, -0.05) is 19.3 Å². The number of nitrogens with one attached hydrogen (secondary N) is 1. The molecule has 0 spiro atoms. The maximum Gasteiger partial charge on any atom is 0.246 e. The van der Waals surface area contributed by atoms with E-state index in [1.165, 1.54) is 19.3 Å². The van der Waals surface area contributed by atoms with E-state index in [2.05, 4.69) is 5.32 Å². The molecule has 5 heteroatoms. The molecule has 0 saturated heterocycles. The predicted molar refractivity (Wildman–Crippen MR) is 68.8 cm³/mol. The Morgan fingerprint density at radius 3 is 2.44 bits per heavy atom. The molecule has 1 aliphatic carbocycles. The highest BCUT2D eigenvalue weighted by Gasteiger charge is 2.25. The van der Waals surface area contributed by atoms with E-state index >= 15 is 0 Å². The van der Waals surface area contributed by atoms with Crippen LogP contribution in [0.2, 0.25) is 0 Å². The molecule has 1 saturated carbocycles. The van der Waals surface area contributed by atoms with Crippen molar-refractivity contribution in [1.29, 1.82) is 0 Å². The molecule has 0 bridgehead atoms. The normalized spacial score (nSPS) is 17.4. The third kappa shape index (κ3) is 5.04. The van der Waals surface area contributed by atoms with Crippen molar-refractivity contribution in [3.05, 3.63) is 0 Å². The number of ether oxygens (including phenoxy) is 1. The van der Waals surface area contributed by atoms with E-state index in [1.54, 1.807) is 13.8 Å². The van der Waals surface area contributed by atoms with Crippen LogP contribution in [-0.2, 0) is 14.3 Å². The van der Waals surface area contributed by atoms with Gasteiger partial charge < -0.3 is 15.8 Å². The molecule has 0 aromatic rings. The Morgan fingerprint density at radius 1 is 1.28 bits per heavy atom. The fraction of sp³-hybridized carbons (Fsp3) is 0.846. The van der Waals surface area contributed by atoms with E-state index in [0.29, 0.717) is 0 Å². The van der Waals surface area contributed by atoms with Crippen molar-refractivity contribution >= 4 is 11.8 Å². The maximum absolute atomic E-state index is 11.6. The number of nitrogens with two attached hydrogens (primary N) is 1. The van der Waals surface area contributed by atoms with Crippen LogP contribution in [0.4, 0.5) is 0 Å². The third-order valence-corrected chi connectivity index (χ3v) is 3.40. The minimum absolute atomic E-state index is 0.0690. The first-order valence-corrected chi connectivity index (χ1v) is 6.60. The molecule has 18 heavy (non-hydrogen) atoms. The van der Waals surface area contributed by atoms with E-state index < -0.39 is 11.3 Å². The molecule has 0 heterocycles. The Labute approximate surface area is 108 Å². The first kappa shape index (κ1) is 15.0. The van der Waals surface area contributed by atoms with E-state index in [0.717, 1.165) is 12.8 Å². The van der Waals surface area contributed by atoms with Gasteiger partial charge in [0.2, 0.25) is 11.8 Å². The van der Waals surface area contributed by atoms with E-state index in [4.69, 9.17) is 10.5 Å². The fourth-order valence-corrected chi connectivity index (χ4v) is 1.88. The predicted octanol–water partition coefficient (Wildman–Crippen LogP) is 0.963. The molecule has 0 atom stereocenters. The summed E-state index contributed by atoms with van der Waals surface area (Å²) in [4.78, 5) is 22.6. The number of hydrogen-bond acceptors (Lipinski definition) is 3. The Morgan fingerprint density at radius 2 is 1.89 bits per heavy atom. The van der Waals surface area contributed by atoms with Gasteiger partial charge in [-0.05, 0) is 26.7 Å². The number of rotatable bonds is 6. The van der Waals surface area contributed by atoms with Crippen LogP contribution >= 0.6 is 0 Å². The highest BCUT2D eigenvalue weighted by atomic mass is 16.5. The largest absolute Gasteiger partial charge is 0.369 e. The second-order valence-electron chi connectivity index (χ2n) is 5.60. The summed E-state index contributed by atoms with van der Waals surface area (Å²) in [5.74, 6) is -0.606. The molecule has 0 aromatic carbocycles. The molecular formula is C13H24N2O3. The summed E-state index contributed by atoms with van der Waals surface area (Å²) in [7, 11) is 0. The molecule has 5 nitrogen and oxygen atoms in total. The lowest BCUT2D eigenvalue weighted by Crippen LogP contribution is -2.43. The minimum atomic E-state index is -0.722. The van der Waals surface area contributed by atoms with Crippen LogP contribution in [0.1, 0.15) is 46.0 Å². The van der Waals surface area contributed by atoms with Crippen LogP contribution in [0.5, 0.6) is 0 Å². The van der Waals surface area contributed by atoms with Gasteiger partial charge in [-0.3, -0.25) is 9.59 Å². The van der Waals surface area contributed by atoms with Crippen molar-refractivity contribution in [2.45, 2.75) is 52.1 Å². The molecule has 104 valence electrons. The summed E-state index contributed by atoms with van der Waals surface area (Å²) >= 11 is 0. The smallest absolute Gasteiger partial charge is 0.246 e. The van der Waals surface area contributed by atoms with Crippen LogP contribution in [0.3, 0.4) is 0 Å². The van der Waals surface area contributed by atoms with Gasteiger partial charge in [-0.25, -0.2) is 0 Å². The van der Waals surface area contributed by atoms with Crippen molar-refractivity contribution < 1.29 is 14.3 Å². The molecule has 1 aliphatic rings. The highest BCUT2D eigenvalue weighted by Crippen LogP contribution is 2.20. The molecule has 3 N–H and O–H groups in total. The first-order valence-electron chi connectivity index (χ1n) is 6.60. The summed E-state index contributed by atoms with van der Waals surface area (Å²) in [6.45, 7) is 3.73. The summed E-state index contributed by atoms with van der Waals surface area (Å²) in [6.07, 6.45) is 5.93. The zero-order valence-corrected chi connectivity index (χ0v) is 11.3. The van der Waals surface area contributed by atoms with Crippen LogP contribution in [0, 0.1) is 5.41 Å². The van der Waals surface area contributed by atoms with Crippen LogP contribution in [0.25, 0.3) is 0 Å². The molecule has 2 amide bonds. The lowest BCUT2D eigenvalue weighted by atomic mass is 9.93. The topological polar surface area (TPSA) is 81.4 Å². The Bertz CT molecular complexity index is 297. The first-order chi connectivity index (χ1) is 8.42. The number of amides is 2. The van der Waals surface area contributed by atoms with Gasteiger partial charge in [-0.15, -0.1) is 0 Å². The second-order valence-corrected chi connectivity index (χ2v) is 5.60. The van der Waals surface area contributed by atoms with Crippen molar-refractivity contribution in [2.24, 2.45) is 11.1 Å². The zero-order valence-electron chi connectivity index (χ0n) is 11.3. The zero-order chi connectivity index (χ0) is 13.6. The lowest BCUT2D eigenvalue weighted by Gasteiger charge is -2.23. The average molecular weight is 256 g/mol. The van der Waals surface area contributed by atoms with Gasteiger partial charge in [0.25, 0.3) is 0 Å². The van der Waals surface area contributed by atoms with Gasteiger partial charge in [0.1, 0.15) is 6.61 Å². The third-order valence-electron chi connectivity index (χ3n) is 3.40. The van der Waals surface area contributed by atoms with Crippen molar-refractivity contribution in [2.75, 3.05) is 13.2 Å². The Kier molecular flexibility index (Phi) is 5.59. The molecular weight excluding hydrogens is 232 g/mol. The van der Waals surface area contributed by atoms with E-state index in [-0.39, 0.29) is 25.2 Å². The molecule has 1 rings (SSSR count). The van der Waals surface area contributed by atoms with Gasteiger partial charge in [0, 0.05) is 6.54 Å². The summed E-state index contributed by atoms with van der Waals surface area (Å²) in [5, 5.41) is 2.68. The Hall–Kier alpha value is -1.10. The Balaban J connectivity index is 2.19. The monoisotopic (exact) mass is 256 g/mol. The van der Waals surface area contributed by atoms with E-state index in [1.807, 2.05) is 0 Å². The van der Waals surface area contributed by atoms with Gasteiger partial charge in [0.05, 0.1) is 11.5 Å². The van der Waals surface area contributed by atoms with E-state index in [9.17, 15) is 9.59 Å². The number of primary amides is 1. The molecule has 0 radical (unpaired) electrons. The lowest BCUT2D eigenvalue weighted by molar-refractivity contribution is -0.130. The summed E-state index contributed by atoms with van der Waals surface area (Å²) in [5.41, 5.74) is 4.50. The average Bonchev–Trinajstić information content (AvgIpc) is 2.35. The summed E-state index contributed by atoms with van der Waals surface area (Å²) < 4.78 is 5.54. The molecule has 0 aliphatic heterocycles. The van der Waals surface area contributed by atoms with Gasteiger partial charge in [0.15, 0.2) is 0 Å². The van der Waals surface area contributed by atoms with Crippen molar-refractivity contribution in [1.82, 2.24) is 5.32 Å². The standard InChI is InChI=1S/C13H24N2O3/c1-13(2,12(14)17)9-15-11(16)8-18-10-6-4-3-5-7-10/h10H,3-9H2,1-2H3,(H2,14,17)(H,15,16). The number of carbonyl (C=O) groups excluding carboxylic acids is 2. The molecule has 0 unspecified atom stereocenters. The second kappa shape index (κ2) is 6.73. The quantitative estimate of drug-likeness (QED) is 0.742. The van der Waals surface area contributed by atoms with Crippen LogP contribution in [-0.4, -0.2) is 31.1 Å². The fourth-order valence-electron chi connectivity index (χ4n) is 1.88. The number of hydrogen-bond donors (Lipinski definition) is 2. The number of carbonyl (C=O) groups is 2. The minimum Gasteiger partial charge on any atom is -0.369 e. The maximum atomic E-state index is 11.6. The van der Waals surface area contributed by atoms with Crippen LogP contribution in [0.15, 0.2) is 0 Å². The van der Waals surface area contributed by atoms with Crippen molar-refractivity contribution in [3.63, 3.8) is 0 Å². The molecule has 1 fully saturated rings. The van der Waals surface area contributed by atoms with Gasteiger partial charge in [-0.2, -0.15) is 0 Å². The van der Waals surface area contributed by atoms with Gasteiger partial charge >= 0.3 is 0 Å². The van der Waals surface area contributed by atoms with Crippen LogP contribution < -0.4 is 11.1 Å². The molecule has 0 aromatic heterocycles.